The number of hydrogen-bond donors (Lipinski definition) is 0. The minimum atomic E-state index is -0.626. The number of hydrogen-bond acceptors (Lipinski definition) is 5. The van der Waals surface area contributed by atoms with E-state index in [-0.39, 0.29) is 25.2 Å². The molecule has 1 atom stereocenters. The summed E-state index contributed by atoms with van der Waals surface area (Å²) in [6.07, 6.45) is 75.6. The highest BCUT2D eigenvalue weighted by Crippen LogP contribution is 2.09. The zero-order valence-corrected chi connectivity index (χ0v) is 39.3. The second kappa shape index (κ2) is 50.9. The third-order valence-electron chi connectivity index (χ3n) is 9.06. The summed E-state index contributed by atoms with van der Waals surface area (Å²) in [5.74, 6) is -0.552. The molecular weight excluding hydrogens is 765 g/mol. The first-order valence-electron chi connectivity index (χ1n) is 24.0. The monoisotopic (exact) mass is 851 g/mol. The molecule has 0 amide bonds. The van der Waals surface area contributed by atoms with Crippen LogP contribution in [0.15, 0.2) is 158 Å². The van der Waals surface area contributed by atoms with Gasteiger partial charge in [-0.15, -0.1) is 0 Å². The summed E-state index contributed by atoms with van der Waals surface area (Å²) in [5.41, 5.74) is 0. The van der Waals surface area contributed by atoms with Gasteiger partial charge in [-0.3, -0.25) is 9.59 Å². The quantitative estimate of drug-likeness (QED) is 0.0348. The van der Waals surface area contributed by atoms with Crippen molar-refractivity contribution in [3.05, 3.63) is 158 Å². The molecule has 0 heterocycles. The molecule has 0 aromatic rings. The average Bonchev–Trinajstić information content (AvgIpc) is 3.27. The Bertz CT molecular complexity index is 1420. The van der Waals surface area contributed by atoms with Gasteiger partial charge in [0.25, 0.3) is 0 Å². The second-order valence-electron chi connectivity index (χ2n) is 14.9. The van der Waals surface area contributed by atoms with Crippen LogP contribution >= 0.6 is 0 Å². The zero-order chi connectivity index (χ0) is 44.9. The second-order valence-corrected chi connectivity index (χ2v) is 14.9. The van der Waals surface area contributed by atoms with Crippen molar-refractivity contribution in [3.8, 4) is 0 Å². The van der Waals surface area contributed by atoms with Gasteiger partial charge in [-0.1, -0.05) is 179 Å². The van der Waals surface area contributed by atoms with Gasteiger partial charge in [0.1, 0.15) is 6.61 Å². The molecular formula is C57H86O5. The van der Waals surface area contributed by atoms with Crippen LogP contribution in [0.2, 0.25) is 0 Å². The lowest BCUT2D eigenvalue weighted by Crippen LogP contribution is -2.30. The molecule has 0 aliphatic carbocycles. The van der Waals surface area contributed by atoms with Crippen molar-refractivity contribution >= 4 is 11.9 Å². The first-order chi connectivity index (χ1) is 30.6. The Morgan fingerprint density at radius 2 is 0.661 bits per heavy atom. The van der Waals surface area contributed by atoms with Crippen LogP contribution in [0.3, 0.4) is 0 Å². The lowest BCUT2D eigenvalue weighted by molar-refractivity contribution is -0.162. The molecule has 0 fully saturated rings. The highest BCUT2D eigenvalue weighted by molar-refractivity contribution is 5.70. The highest BCUT2D eigenvalue weighted by Gasteiger charge is 2.17. The highest BCUT2D eigenvalue weighted by atomic mass is 16.6. The van der Waals surface area contributed by atoms with Crippen LogP contribution in [0.5, 0.6) is 0 Å². The molecule has 0 saturated carbocycles. The normalized spacial score (nSPS) is 13.7. The molecule has 0 saturated heterocycles. The average molecular weight is 851 g/mol. The minimum Gasteiger partial charge on any atom is -0.462 e. The van der Waals surface area contributed by atoms with Gasteiger partial charge in [0.05, 0.1) is 13.2 Å². The van der Waals surface area contributed by atoms with E-state index in [0.29, 0.717) is 19.4 Å². The molecule has 5 heteroatoms. The number of allylic oxidation sites excluding steroid dienone is 25. The van der Waals surface area contributed by atoms with Crippen LogP contribution in [0.4, 0.5) is 0 Å². The Morgan fingerprint density at radius 3 is 1.02 bits per heavy atom. The fourth-order valence-electron chi connectivity index (χ4n) is 5.61. The molecule has 0 rings (SSSR count). The van der Waals surface area contributed by atoms with E-state index in [2.05, 4.69) is 179 Å². The predicted octanol–water partition coefficient (Wildman–Crippen LogP) is 16.3. The van der Waals surface area contributed by atoms with Crippen molar-refractivity contribution in [1.29, 1.82) is 0 Å². The maximum Gasteiger partial charge on any atom is 0.306 e. The Hall–Kier alpha value is -4.48. The van der Waals surface area contributed by atoms with Crippen molar-refractivity contribution in [1.82, 2.24) is 0 Å². The van der Waals surface area contributed by atoms with Gasteiger partial charge in [-0.2, -0.15) is 0 Å². The SMILES string of the molecule is CC/C=C\C/C=C\C/C=C\C/C=C\C/C=C\CCOCC(COC(=O)CCCC/C=C\C/C=C\C/C=C\C/C=C\CC)OC(=O)CCCC/C=C\C/C=C\C/C=C\C/C=C\CC. The summed E-state index contributed by atoms with van der Waals surface area (Å²) >= 11 is 0. The molecule has 1 unspecified atom stereocenters. The molecule has 5 nitrogen and oxygen atoms in total. The third-order valence-corrected chi connectivity index (χ3v) is 9.06. The van der Waals surface area contributed by atoms with E-state index >= 15 is 0 Å². The lowest BCUT2D eigenvalue weighted by Gasteiger charge is -2.18. The van der Waals surface area contributed by atoms with Gasteiger partial charge in [-0.25, -0.2) is 0 Å². The maximum atomic E-state index is 12.8. The molecule has 0 aliphatic rings. The Labute approximate surface area is 380 Å². The first-order valence-corrected chi connectivity index (χ1v) is 24.0. The molecule has 62 heavy (non-hydrogen) atoms. The summed E-state index contributed by atoms with van der Waals surface area (Å²) < 4.78 is 17.2. The van der Waals surface area contributed by atoms with Gasteiger partial charge in [-0.05, 0) is 128 Å². The molecule has 0 N–H and O–H groups in total. The summed E-state index contributed by atoms with van der Waals surface area (Å²) in [6.45, 7) is 7.14. The largest absolute Gasteiger partial charge is 0.462 e. The number of esters is 2. The van der Waals surface area contributed by atoms with Crippen LogP contribution < -0.4 is 0 Å². The van der Waals surface area contributed by atoms with Crippen LogP contribution in [0, 0.1) is 0 Å². The van der Waals surface area contributed by atoms with Crippen molar-refractivity contribution in [2.24, 2.45) is 0 Å². The summed E-state index contributed by atoms with van der Waals surface area (Å²) in [5, 5.41) is 0. The van der Waals surface area contributed by atoms with Crippen molar-refractivity contribution in [2.75, 3.05) is 19.8 Å². The number of unbranched alkanes of at least 4 members (excludes halogenated alkanes) is 4. The van der Waals surface area contributed by atoms with E-state index in [1.54, 1.807) is 0 Å². The Morgan fingerprint density at radius 1 is 0.355 bits per heavy atom. The van der Waals surface area contributed by atoms with Gasteiger partial charge in [0.2, 0.25) is 0 Å². The number of carbonyl (C=O) groups is 2. The number of rotatable bonds is 41. The van der Waals surface area contributed by atoms with Crippen LogP contribution in [0.25, 0.3) is 0 Å². The third kappa shape index (κ3) is 48.2. The molecule has 0 aromatic carbocycles. The van der Waals surface area contributed by atoms with Gasteiger partial charge in [0.15, 0.2) is 6.10 Å². The zero-order valence-electron chi connectivity index (χ0n) is 39.3. The van der Waals surface area contributed by atoms with E-state index in [1.165, 1.54) is 0 Å². The number of carbonyl (C=O) groups excluding carboxylic acids is 2. The Balaban J connectivity index is 4.58. The van der Waals surface area contributed by atoms with Gasteiger partial charge >= 0.3 is 11.9 Å². The molecule has 0 bridgehead atoms. The molecule has 344 valence electrons. The predicted molar refractivity (Wildman–Crippen MR) is 269 cm³/mol. The van der Waals surface area contributed by atoms with Crippen molar-refractivity contribution in [3.63, 3.8) is 0 Å². The van der Waals surface area contributed by atoms with E-state index in [9.17, 15) is 9.59 Å². The van der Waals surface area contributed by atoms with Crippen molar-refractivity contribution in [2.45, 2.75) is 168 Å². The fraction of sp³-hybridized carbons (Fsp3) is 0.509. The number of ether oxygens (including phenoxy) is 3. The molecule has 0 aliphatic heterocycles. The van der Waals surface area contributed by atoms with E-state index < -0.39 is 6.10 Å². The van der Waals surface area contributed by atoms with E-state index in [0.717, 1.165) is 128 Å². The Kier molecular flexibility index (Phi) is 47.2. The van der Waals surface area contributed by atoms with Crippen LogP contribution in [-0.2, 0) is 23.8 Å². The summed E-state index contributed by atoms with van der Waals surface area (Å²) in [4.78, 5) is 25.3. The smallest absolute Gasteiger partial charge is 0.306 e. The van der Waals surface area contributed by atoms with E-state index in [1.807, 2.05) is 0 Å². The maximum absolute atomic E-state index is 12.8. The molecule has 0 spiro atoms. The lowest BCUT2D eigenvalue weighted by atomic mass is 10.1. The summed E-state index contributed by atoms with van der Waals surface area (Å²) in [7, 11) is 0. The first kappa shape index (κ1) is 57.5. The van der Waals surface area contributed by atoms with Gasteiger partial charge in [0, 0.05) is 12.8 Å². The van der Waals surface area contributed by atoms with Gasteiger partial charge < -0.3 is 14.2 Å². The fourth-order valence-corrected chi connectivity index (χ4v) is 5.61. The van der Waals surface area contributed by atoms with Crippen LogP contribution in [0.1, 0.15) is 162 Å². The van der Waals surface area contributed by atoms with Crippen LogP contribution in [-0.4, -0.2) is 37.9 Å². The standard InChI is InChI=1S/C57H86O5/c1-4-7-10-13-16-19-22-25-28-31-34-37-40-43-46-49-52-60-53-55(62-57(59)51-48-45-42-39-36-33-30-27-24-21-18-15-12-9-6-3)54-61-56(58)50-47-44-41-38-35-32-29-26-23-20-17-14-11-8-5-2/h7-12,16-21,25-30,34-39,43,46,55H,4-6,13-15,22-24,31-33,40-42,44-45,47-54H2,1-3H3/b10-7-,11-8-,12-9-,19-16-,20-17-,21-18-,28-25-,29-26-,30-27-,37-34-,38-35-,39-36-,46-43-. The topological polar surface area (TPSA) is 61.8 Å². The van der Waals surface area contributed by atoms with E-state index in [4.69, 9.17) is 14.2 Å². The molecule has 0 radical (unpaired) electrons. The summed E-state index contributed by atoms with van der Waals surface area (Å²) in [6, 6.07) is 0. The minimum absolute atomic E-state index is 0.00502. The molecule has 0 aromatic heterocycles. The van der Waals surface area contributed by atoms with Crippen molar-refractivity contribution < 1.29 is 23.8 Å².